The molecule has 0 aliphatic rings. The number of hydrogen-bond acceptors (Lipinski definition) is 2. The minimum Gasteiger partial charge on any atom is -0.489 e. The number of ether oxygens (including phenoxy) is 1. The van der Waals surface area contributed by atoms with Crippen molar-refractivity contribution in [2.45, 2.75) is 65.3 Å². The number of benzene rings is 3. The predicted octanol–water partition coefficient (Wildman–Crippen LogP) is 7.21. The summed E-state index contributed by atoms with van der Waals surface area (Å²) in [7, 11) is 0. The number of hydrogen-bond donors (Lipinski definition) is 0. The fourth-order valence-electron chi connectivity index (χ4n) is 3.59. The molecule has 0 aliphatic heterocycles. The molecule has 1 atom stereocenters. The Hall–Kier alpha value is -2.58. The van der Waals surface area contributed by atoms with Crippen LogP contribution in [0.25, 0.3) is 0 Å². The molecule has 0 aliphatic carbocycles. The molecule has 3 aromatic carbocycles. The van der Waals surface area contributed by atoms with Crippen LogP contribution in [0, 0.1) is 6.92 Å². The SMILES string of the molecule is [2H]C([2H])([2H])C([2H])(N(CCC(c1ccccc1)c1cc(C)ccc1OCc1ccccc1)C([2H])(C([2H])([2H])[2H])C([2H])([2H])[2H])C([2H])([2H])[2H]. The summed E-state index contributed by atoms with van der Waals surface area (Å²) >= 11 is 0. The van der Waals surface area contributed by atoms with E-state index in [1.807, 2.05) is 49.4 Å². The lowest BCUT2D eigenvalue weighted by atomic mass is 9.86. The lowest BCUT2D eigenvalue weighted by Gasteiger charge is -2.32. The number of rotatable bonds is 10. The minimum absolute atomic E-state index is 0.0379. The van der Waals surface area contributed by atoms with E-state index in [-0.39, 0.29) is 17.9 Å². The molecule has 164 valence electrons. The van der Waals surface area contributed by atoms with Crippen LogP contribution in [0.4, 0.5) is 0 Å². The minimum atomic E-state index is -3.77. The Morgan fingerprint density at radius 1 is 0.871 bits per heavy atom. The lowest BCUT2D eigenvalue weighted by molar-refractivity contribution is 0.170. The normalized spacial score (nSPS) is 21.5. The van der Waals surface area contributed by atoms with Gasteiger partial charge >= 0.3 is 0 Å². The maximum atomic E-state index is 8.84. The number of nitrogens with zero attached hydrogens (tertiary/aromatic N) is 1. The van der Waals surface area contributed by atoms with E-state index in [9.17, 15) is 0 Å². The van der Waals surface area contributed by atoms with Gasteiger partial charge in [-0.1, -0.05) is 78.4 Å². The van der Waals surface area contributed by atoms with Gasteiger partial charge in [0, 0.05) is 42.7 Å². The Balaban J connectivity index is 2.23. The molecule has 0 bridgehead atoms. The first-order valence-corrected chi connectivity index (χ1v) is 10.2. The second kappa shape index (κ2) is 11.2. The van der Waals surface area contributed by atoms with E-state index < -0.39 is 51.9 Å². The van der Waals surface area contributed by atoms with Gasteiger partial charge < -0.3 is 4.74 Å². The van der Waals surface area contributed by atoms with Crippen molar-refractivity contribution in [3.63, 3.8) is 0 Å². The van der Waals surface area contributed by atoms with Crippen LogP contribution in [0.3, 0.4) is 0 Å². The van der Waals surface area contributed by atoms with Crippen molar-refractivity contribution < 1.29 is 23.9 Å². The molecule has 0 fully saturated rings. The largest absolute Gasteiger partial charge is 0.489 e. The highest BCUT2D eigenvalue weighted by Crippen LogP contribution is 2.36. The summed E-state index contributed by atoms with van der Waals surface area (Å²) in [6.07, 6.45) is -0.255. The van der Waals surface area contributed by atoms with E-state index in [0.717, 1.165) is 11.1 Å². The first-order chi connectivity index (χ1) is 20.6. The molecule has 0 aromatic heterocycles. The first kappa shape index (κ1) is 10.8. The zero-order valence-electron chi connectivity index (χ0n) is 31.6. The Labute approximate surface area is 208 Å². The van der Waals surface area contributed by atoms with Gasteiger partial charge in [-0.3, -0.25) is 4.90 Å². The van der Waals surface area contributed by atoms with Crippen molar-refractivity contribution in [3.8, 4) is 5.75 Å². The average molecular weight is 430 g/mol. The van der Waals surface area contributed by atoms with Crippen molar-refractivity contribution in [2.75, 3.05) is 6.54 Å². The highest BCUT2D eigenvalue weighted by molar-refractivity contribution is 5.44. The lowest BCUT2D eigenvalue weighted by Crippen LogP contribution is -2.38. The fourth-order valence-corrected chi connectivity index (χ4v) is 3.59. The highest BCUT2D eigenvalue weighted by atomic mass is 16.5. The fraction of sp³-hybridized carbons (Fsp3) is 0.379. The Kier molecular flexibility index (Phi) is 3.90. The van der Waals surface area contributed by atoms with Crippen molar-refractivity contribution in [1.82, 2.24) is 4.90 Å². The van der Waals surface area contributed by atoms with E-state index in [4.69, 9.17) is 23.9 Å². The van der Waals surface area contributed by atoms with Crippen LogP contribution >= 0.6 is 0 Å². The molecule has 31 heavy (non-hydrogen) atoms. The van der Waals surface area contributed by atoms with Crippen molar-refractivity contribution >= 4 is 0 Å². The molecule has 2 heteroatoms. The van der Waals surface area contributed by atoms with Crippen LogP contribution in [0.2, 0.25) is 0 Å². The van der Waals surface area contributed by atoms with Gasteiger partial charge in [-0.15, -0.1) is 0 Å². The van der Waals surface area contributed by atoms with E-state index in [2.05, 4.69) is 0 Å². The van der Waals surface area contributed by atoms with Gasteiger partial charge in [0.25, 0.3) is 0 Å². The molecule has 0 radical (unpaired) electrons. The zero-order valence-corrected chi connectivity index (χ0v) is 17.6. The molecule has 3 aromatic rings. The van der Waals surface area contributed by atoms with E-state index in [1.165, 1.54) is 0 Å². The van der Waals surface area contributed by atoms with Crippen molar-refractivity contribution in [3.05, 3.63) is 101 Å². The van der Waals surface area contributed by atoms with Crippen LogP contribution < -0.4 is 4.74 Å². The Bertz CT molecular complexity index is 1330. The second-order valence-corrected chi connectivity index (χ2v) is 7.42. The van der Waals surface area contributed by atoms with Crippen LogP contribution in [-0.4, -0.2) is 23.5 Å². The van der Waals surface area contributed by atoms with Gasteiger partial charge in [-0.05, 0) is 64.5 Å². The predicted molar refractivity (Wildman–Crippen MR) is 132 cm³/mol. The summed E-state index contributed by atoms with van der Waals surface area (Å²) in [6.45, 7) is -13.8. The van der Waals surface area contributed by atoms with Gasteiger partial charge in [-0.2, -0.15) is 0 Å². The summed E-state index contributed by atoms with van der Waals surface area (Å²) in [5, 5.41) is 0. The maximum absolute atomic E-state index is 8.84. The van der Waals surface area contributed by atoms with Crippen molar-refractivity contribution in [1.29, 1.82) is 0 Å². The average Bonchev–Trinajstić information content (AvgIpc) is 2.92. The molecule has 0 N–H and O–H groups in total. The third-order valence-electron chi connectivity index (χ3n) is 5.16. The number of aryl methyl sites for hydroxylation is 1. The maximum Gasteiger partial charge on any atom is 0.123 e. The third-order valence-corrected chi connectivity index (χ3v) is 5.16. The molecule has 1 unspecified atom stereocenters. The van der Waals surface area contributed by atoms with Gasteiger partial charge in [-0.25, -0.2) is 0 Å². The van der Waals surface area contributed by atoms with Gasteiger partial charge in [0.15, 0.2) is 0 Å². The summed E-state index contributed by atoms with van der Waals surface area (Å²) in [5.41, 5.74) is 2.96. The zero-order chi connectivity index (χ0) is 34.1. The second-order valence-electron chi connectivity index (χ2n) is 7.42. The summed E-state index contributed by atoms with van der Waals surface area (Å²) < 4.78 is 120. The topological polar surface area (TPSA) is 12.5 Å². The van der Waals surface area contributed by atoms with Gasteiger partial charge in [0.05, 0.1) is 0 Å². The molecule has 0 spiro atoms. The summed E-state index contributed by atoms with van der Waals surface area (Å²) in [5.74, 6) is -0.272. The Morgan fingerprint density at radius 3 is 2.16 bits per heavy atom. The molecule has 2 nitrogen and oxygen atoms in total. The van der Waals surface area contributed by atoms with Gasteiger partial charge in [0.2, 0.25) is 0 Å². The van der Waals surface area contributed by atoms with Crippen LogP contribution in [0.1, 0.15) is 81.2 Å². The molecular formula is C29H37NO. The highest BCUT2D eigenvalue weighted by Gasteiger charge is 2.22. The quantitative estimate of drug-likeness (QED) is 0.337. The van der Waals surface area contributed by atoms with Crippen LogP contribution in [0.5, 0.6) is 5.75 Å². The monoisotopic (exact) mass is 429 g/mol. The molecule has 0 saturated carbocycles. The molecule has 0 amide bonds. The summed E-state index contributed by atoms with van der Waals surface area (Å²) in [6, 6.07) is 16.0. The van der Waals surface area contributed by atoms with Crippen LogP contribution in [-0.2, 0) is 6.61 Å². The smallest absolute Gasteiger partial charge is 0.123 e. The first-order valence-electron chi connectivity index (χ1n) is 17.2. The molecule has 0 saturated heterocycles. The molecule has 3 rings (SSSR count). The molecular weight excluding hydrogens is 378 g/mol. The van der Waals surface area contributed by atoms with Crippen LogP contribution in [0.15, 0.2) is 78.9 Å². The Morgan fingerprint density at radius 2 is 1.52 bits per heavy atom. The van der Waals surface area contributed by atoms with E-state index in [0.29, 0.717) is 16.9 Å². The third kappa shape index (κ3) is 6.45. The van der Waals surface area contributed by atoms with E-state index >= 15 is 0 Å². The van der Waals surface area contributed by atoms with Gasteiger partial charge in [0.1, 0.15) is 12.4 Å². The van der Waals surface area contributed by atoms with Crippen molar-refractivity contribution in [2.24, 2.45) is 0 Å². The molecule has 0 heterocycles. The summed E-state index contributed by atoms with van der Waals surface area (Å²) in [4.78, 5) is 0.0379. The van der Waals surface area contributed by atoms with E-state index in [1.54, 1.807) is 36.4 Å². The standard InChI is InChI=1S/C29H37NO/c1-22(2)30(23(3)4)19-18-27(26-14-10-7-11-15-26)28-20-24(5)16-17-29(28)31-21-25-12-8-6-9-13-25/h6-17,20,22-23,27H,18-19,21H2,1-5H3/i1D3,2D3,3D3,4D3,22D,23D.